The second-order valence-electron chi connectivity index (χ2n) is 23.3. The molecule has 0 aliphatic rings. The first-order chi connectivity index (χ1) is 33.9. The Balaban J connectivity index is 1.22. The number of carbonyl (C=O) groups is 4. The molecule has 0 heterocycles. The fourth-order valence-corrected chi connectivity index (χ4v) is 9.57. The van der Waals surface area contributed by atoms with Gasteiger partial charge in [0.1, 0.15) is 0 Å². The minimum absolute atomic E-state index is 0.0834. The predicted molar refractivity (Wildman–Crippen MR) is 300 cm³/mol. The lowest BCUT2D eigenvalue weighted by Gasteiger charge is -2.22. The lowest BCUT2D eigenvalue weighted by Crippen LogP contribution is -2.16. The van der Waals surface area contributed by atoms with Crippen LogP contribution in [0.4, 0.5) is 22.7 Å². The molecule has 72 heavy (non-hydrogen) atoms. The number of nitrogens with one attached hydrogen (secondary N) is 4. The van der Waals surface area contributed by atoms with Crippen molar-refractivity contribution in [3.63, 3.8) is 0 Å². The molecule has 0 aromatic heterocycles. The predicted octanol–water partition coefficient (Wildman–Crippen LogP) is 15.9. The van der Waals surface area contributed by atoms with Gasteiger partial charge in [-0.3, -0.25) is 19.2 Å². The number of amides is 4. The molecule has 0 atom stereocenters. The molecule has 0 fully saturated rings. The largest absolute Gasteiger partial charge is 0.321 e. The molecule has 4 amide bonds. The summed E-state index contributed by atoms with van der Waals surface area (Å²) >= 11 is 0. The quantitative estimate of drug-likeness (QED) is 0.0896. The Bertz CT molecular complexity index is 3110. The summed E-state index contributed by atoms with van der Waals surface area (Å²) in [5, 5.41) is 19.3. The van der Waals surface area contributed by atoms with E-state index in [-0.39, 0.29) is 45.3 Å². The van der Waals surface area contributed by atoms with E-state index in [4.69, 9.17) is 0 Å². The zero-order valence-electron chi connectivity index (χ0n) is 43.5. The van der Waals surface area contributed by atoms with Crippen LogP contribution in [0.5, 0.6) is 0 Å². The summed E-state index contributed by atoms with van der Waals surface area (Å²) in [6, 6.07) is 46.2. The van der Waals surface area contributed by atoms with Crippen molar-refractivity contribution in [2.75, 3.05) is 21.3 Å². The van der Waals surface area contributed by atoms with E-state index in [1.807, 2.05) is 146 Å². The van der Waals surface area contributed by atoms with Gasteiger partial charge in [0.2, 0.25) is 0 Å². The van der Waals surface area contributed by atoms with E-state index >= 15 is 0 Å². The molecule has 0 aliphatic heterocycles. The average molecular weight is 953 g/mol. The summed E-state index contributed by atoms with van der Waals surface area (Å²) in [4.78, 5) is 56.8. The van der Waals surface area contributed by atoms with E-state index in [0.29, 0.717) is 55.8 Å². The van der Waals surface area contributed by atoms with Gasteiger partial charge in [-0.1, -0.05) is 156 Å². The van der Waals surface area contributed by atoms with Gasteiger partial charge in [0.25, 0.3) is 23.6 Å². The Morgan fingerprint density at radius 2 is 0.431 bits per heavy atom. The molecule has 0 radical (unpaired) electrons. The Morgan fingerprint density at radius 1 is 0.250 bits per heavy atom. The zero-order valence-corrected chi connectivity index (χ0v) is 43.5. The van der Waals surface area contributed by atoms with E-state index in [0.717, 1.165) is 54.6 Å². The van der Waals surface area contributed by atoms with Gasteiger partial charge in [-0.25, -0.2) is 0 Å². The molecule has 8 heteroatoms. The molecule has 0 unspecified atom stereocenters. The molecule has 9 aromatic rings. The number of rotatable bonds is 8. The van der Waals surface area contributed by atoms with Crippen LogP contribution in [0.25, 0.3) is 43.1 Å². The third kappa shape index (κ3) is 9.53. The van der Waals surface area contributed by atoms with Gasteiger partial charge < -0.3 is 21.3 Å². The molecule has 0 spiro atoms. The van der Waals surface area contributed by atoms with Crippen LogP contribution < -0.4 is 21.3 Å². The molecule has 0 saturated heterocycles. The monoisotopic (exact) mass is 952 g/mol. The molecule has 9 aromatic carbocycles. The standard InChI is InChI=1S/C64H64N4O4/c1-61(2,3)41-21-13-37(14-22-41)57(69)65-49-33-29-45-47-31-35-51(67-59(71)39-17-25-43(26-18-39)63(7,8)9)56-52(68-60(72)40-19-27-44(28-20-40)64(10,11)12)36-32-48(54(47)56)46-30-34-50(55(49)53(45)46)66-58(70)38-15-23-42(24-16-38)62(4,5)6/h13-36H,1-12H3,(H,65,69)(H,66,70)(H,67,71)(H,68,72). The number of fused-ring (bicyclic) bond motifs is 2. The summed E-state index contributed by atoms with van der Waals surface area (Å²) in [7, 11) is 0. The Morgan fingerprint density at radius 3 is 0.597 bits per heavy atom. The number of anilines is 4. The van der Waals surface area contributed by atoms with Gasteiger partial charge in [0.15, 0.2) is 0 Å². The fourth-order valence-electron chi connectivity index (χ4n) is 9.57. The Hall–Kier alpha value is -7.84. The Kier molecular flexibility index (Phi) is 12.3. The van der Waals surface area contributed by atoms with Crippen molar-refractivity contribution in [3.8, 4) is 0 Å². The van der Waals surface area contributed by atoms with E-state index in [9.17, 15) is 19.2 Å². The lowest BCUT2D eigenvalue weighted by atomic mass is 9.86. The SMILES string of the molecule is CC(C)(C)c1ccc(C(=O)Nc2ccc3c4ccc(NC(=O)c5ccc(C(C)(C)C)cc5)c5c(NC(=O)c6ccc(C(C)(C)C)cc6)ccc(c6ccc(NC(=O)c7ccc(C(C)(C)C)cc7)c2c36)c54)cc1. The van der Waals surface area contributed by atoms with Crippen LogP contribution in [0.15, 0.2) is 146 Å². The van der Waals surface area contributed by atoms with Gasteiger partial charge >= 0.3 is 0 Å². The Labute approximate surface area is 423 Å². The zero-order chi connectivity index (χ0) is 51.7. The molecule has 8 nitrogen and oxygen atoms in total. The maximum Gasteiger partial charge on any atom is 0.255 e. The van der Waals surface area contributed by atoms with Gasteiger partial charge in [-0.15, -0.1) is 0 Å². The summed E-state index contributed by atoms with van der Waals surface area (Å²) in [6.45, 7) is 25.6. The normalized spacial score (nSPS) is 12.4. The van der Waals surface area contributed by atoms with Crippen molar-refractivity contribution in [2.45, 2.75) is 105 Å². The third-order valence-electron chi connectivity index (χ3n) is 13.9. The maximum atomic E-state index is 14.2. The van der Waals surface area contributed by atoms with Gasteiger partial charge in [-0.05, 0) is 138 Å². The summed E-state index contributed by atoms with van der Waals surface area (Å²) in [6.07, 6.45) is 0. The van der Waals surface area contributed by atoms with Crippen LogP contribution in [0.1, 0.15) is 147 Å². The second kappa shape index (κ2) is 18.1. The van der Waals surface area contributed by atoms with E-state index < -0.39 is 0 Å². The van der Waals surface area contributed by atoms with Crippen molar-refractivity contribution < 1.29 is 19.2 Å². The van der Waals surface area contributed by atoms with Gasteiger partial charge in [-0.2, -0.15) is 0 Å². The minimum atomic E-state index is -0.286. The average Bonchev–Trinajstić information content (AvgIpc) is 3.33. The van der Waals surface area contributed by atoms with Gasteiger partial charge in [0.05, 0.1) is 22.7 Å². The summed E-state index contributed by atoms with van der Waals surface area (Å²) < 4.78 is 0. The van der Waals surface area contributed by atoms with Crippen LogP contribution in [0.2, 0.25) is 0 Å². The number of benzene rings is 9. The highest BCUT2D eigenvalue weighted by atomic mass is 16.2. The fraction of sp³-hybridized carbons (Fsp3) is 0.250. The number of hydrogen-bond acceptors (Lipinski definition) is 4. The molecule has 0 bridgehead atoms. The third-order valence-corrected chi connectivity index (χ3v) is 13.9. The van der Waals surface area contributed by atoms with E-state index in [1.54, 1.807) is 0 Å². The summed E-state index contributed by atoms with van der Waals surface area (Å²) in [5.74, 6) is -1.14. The smallest absolute Gasteiger partial charge is 0.255 e. The highest BCUT2D eigenvalue weighted by Gasteiger charge is 2.25. The van der Waals surface area contributed by atoms with E-state index in [2.05, 4.69) is 104 Å². The topological polar surface area (TPSA) is 116 Å². The molecule has 9 rings (SSSR count). The van der Waals surface area contributed by atoms with Crippen molar-refractivity contribution in [3.05, 3.63) is 190 Å². The molecule has 0 aliphatic carbocycles. The van der Waals surface area contributed by atoms with E-state index in [1.165, 1.54) is 0 Å². The van der Waals surface area contributed by atoms with Crippen molar-refractivity contribution in [1.29, 1.82) is 0 Å². The van der Waals surface area contributed by atoms with Crippen LogP contribution in [0.3, 0.4) is 0 Å². The van der Waals surface area contributed by atoms with Crippen molar-refractivity contribution >= 4 is 89.5 Å². The lowest BCUT2D eigenvalue weighted by molar-refractivity contribution is 0.101. The van der Waals surface area contributed by atoms with Crippen LogP contribution in [-0.4, -0.2) is 23.6 Å². The second-order valence-corrected chi connectivity index (χ2v) is 23.3. The molecule has 0 saturated carbocycles. The first kappa shape index (κ1) is 49.2. The van der Waals surface area contributed by atoms with Crippen LogP contribution in [-0.2, 0) is 21.7 Å². The van der Waals surface area contributed by atoms with Crippen LogP contribution >= 0.6 is 0 Å². The highest BCUT2D eigenvalue weighted by Crippen LogP contribution is 2.48. The molecule has 4 N–H and O–H groups in total. The maximum absolute atomic E-state index is 14.2. The first-order valence-electron chi connectivity index (χ1n) is 24.7. The van der Waals surface area contributed by atoms with Crippen molar-refractivity contribution in [2.24, 2.45) is 0 Å². The number of carbonyl (C=O) groups excluding carboxylic acids is 4. The molecule has 364 valence electrons. The van der Waals surface area contributed by atoms with Crippen LogP contribution in [0, 0.1) is 0 Å². The summed E-state index contributed by atoms with van der Waals surface area (Å²) in [5.41, 5.74) is 8.25. The first-order valence-corrected chi connectivity index (χ1v) is 24.7. The minimum Gasteiger partial charge on any atom is -0.321 e. The van der Waals surface area contributed by atoms with Gasteiger partial charge in [0, 0.05) is 43.8 Å². The van der Waals surface area contributed by atoms with Crippen molar-refractivity contribution in [1.82, 2.24) is 0 Å². The molecular weight excluding hydrogens is 889 g/mol. The molecular formula is C64H64N4O4. The number of hydrogen-bond donors (Lipinski definition) is 4. The highest BCUT2D eigenvalue weighted by molar-refractivity contribution is 6.39.